The molecule has 0 bridgehead atoms. The molecule has 0 spiro atoms. The molecule has 22 heavy (non-hydrogen) atoms. The van der Waals surface area contributed by atoms with Gasteiger partial charge in [-0.05, 0) is 11.6 Å². The van der Waals surface area contributed by atoms with Crippen LogP contribution in [0.3, 0.4) is 0 Å². The molecule has 5 nitrogen and oxygen atoms in total. The predicted octanol–water partition coefficient (Wildman–Crippen LogP) is 2.05. The molecule has 0 radical (unpaired) electrons. The normalized spacial score (nSPS) is 13.6. The average Bonchev–Trinajstić information content (AvgIpc) is 3.10. The molecule has 1 aliphatic rings. The fourth-order valence-corrected chi connectivity index (χ4v) is 3.12. The van der Waals surface area contributed by atoms with E-state index in [1.807, 2.05) is 30.3 Å². The monoisotopic (exact) mass is 292 g/mol. The average molecular weight is 292 g/mol. The van der Waals surface area contributed by atoms with E-state index in [2.05, 4.69) is 26.7 Å². The minimum atomic E-state index is 0.134. The molecule has 5 heteroatoms. The Morgan fingerprint density at radius 3 is 3.00 bits per heavy atom. The Morgan fingerprint density at radius 1 is 1.27 bits per heavy atom. The van der Waals surface area contributed by atoms with E-state index in [1.54, 1.807) is 6.20 Å². The molecular formula is C17H16N4O. The summed E-state index contributed by atoms with van der Waals surface area (Å²) < 4.78 is 2.07. The third kappa shape index (κ3) is 2.06. The highest BCUT2D eigenvalue weighted by atomic mass is 16.2. The second-order valence-corrected chi connectivity index (χ2v) is 5.70. The Labute approximate surface area is 128 Å². The molecule has 0 atom stereocenters. The zero-order valence-electron chi connectivity index (χ0n) is 12.4. The molecule has 0 saturated carbocycles. The number of rotatable bonds is 2. The number of aryl methyl sites for hydroxylation is 1. The van der Waals surface area contributed by atoms with Crippen LogP contribution in [-0.2, 0) is 31.4 Å². The largest absolute Gasteiger partial charge is 0.350 e. The molecule has 0 fully saturated rings. The van der Waals surface area contributed by atoms with Gasteiger partial charge in [0.1, 0.15) is 6.33 Å². The van der Waals surface area contributed by atoms with Crippen LogP contribution in [-0.4, -0.2) is 25.3 Å². The highest BCUT2D eigenvalue weighted by Gasteiger charge is 2.25. The molecule has 0 aliphatic carbocycles. The summed E-state index contributed by atoms with van der Waals surface area (Å²) >= 11 is 0. The van der Waals surface area contributed by atoms with Gasteiger partial charge >= 0.3 is 0 Å². The summed E-state index contributed by atoms with van der Waals surface area (Å²) in [6, 6.07) is 8.17. The van der Waals surface area contributed by atoms with E-state index in [0.717, 1.165) is 27.7 Å². The Hall–Kier alpha value is -2.69. The maximum absolute atomic E-state index is 12.6. The number of amides is 1. The standard InChI is InChI=1S/C17H16N4O/c1-20-8-12(14-4-2-3-5-16(14)20)6-17(22)21-9-13-7-18-11-19-15(13)10-21/h2-5,7-8,11H,6,9-10H2,1H3. The van der Waals surface area contributed by atoms with Gasteiger partial charge in [-0.2, -0.15) is 0 Å². The number of carbonyl (C=O) groups is 1. The summed E-state index contributed by atoms with van der Waals surface area (Å²) in [5.74, 6) is 0.134. The van der Waals surface area contributed by atoms with Crippen molar-refractivity contribution in [2.24, 2.45) is 7.05 Å². The van der Waals surface area contributed by atoms with Crippen molar-refractivity contribution in [3.8, 4) is 0 Å². The molecule has 2 aromatic heterocycles. The van der Waals surface area contributed by atoms with Gasteiger partial charge in [0.25, 0.3) is 0 Å². The predicted molar refractivity (Wildman–Crippen MR) is 82.9 cm³/mol. The molecule has 0 saturated heterocycles. The van der Waals surface area contributed by atoms with Crippen molar-refractivity contribution in [3.63, 3.8) is 0 Å². The molecule has 3 heterocycles. The first-order chi connectivity index (χ1) is 10.7. The number of fused-ring (bicyclic) bond motifs is 2. The number of hydrogen-bond donors (Lipinski definition) is 0. The SMILES string of the molecule is Cn1cc(CC(=O)N2Cc3cncnc3C2)c2ccccc21. The van der Waals surface area contributed by atoms with Crippen molar-refractivity contribution in [2.45, 2.75) is 19.5 Å². The highest BCUT2D eigenvalue weighted by Crippen LogP contribution is 2.24. The van der Waals surface area contributed by atoms with Crippen LogP contribution in [0.1, 0.15) is 16.8 Å². The Kier molecular flexibility index (Phi) is 2.92. The summed E-state index contributed by atoms with van der Waals surface area (Å²) in [7, 11) is 2.01. The maximum Gasteiger partial charge on any atom is 0.227 e. The molecule has 110 valence electrons. The van der Waals surface area contributed by atoms with E-state index in [4.69, 9.17) is 0 Å². The lowest BCUT2D eigenvalue weighted by atomic mass is 10.1. The quantitative estimate of drug-likeness (QED) is 0.726. The van der Waals surface area contributed by atoms with Crippen LogP contribution in [0.15, 0.2) is 43.0 Å². The van der Waals surface area contributed by atoms with Gasteiger partial charge in [-0.25, -0.2) is 9.97 Å². The molecule has 3 aromatic rings. The summed E-state index contributed by atoms with van der Waals surface area (Å²) in [4.78, 5) is 22.7. The fraction of sp³-hybridized carbons (Fsp3) is 0.235. The lowest BCUT2D eigenvalue weighted by molar-refractivity contribution is -0.131. The van der Waals surface area contributed by atoms with Gasteiger partial charge in [0.15, 0.2) is 0 Å². The van der Waals surface area contributed by atoms with E-state index >= 15 is 0 Å². The number of nitrogens with zero attached hydrogens (tertiary/aromatic N) is 4. The van der Waals surface area contributed by atoms with Crippen molar-refractivity contribution in [1.82, 2.24) is 19.4 Å². The summed E-state index contributed by atoms with van der Waals surface area (Å²) in [6.07, 6.45) is 5.80. The first-order valence-electron chi connectivity index (χ1n) is 7.31. The lowest BCUT2D eigenvalue weighted by Gasteiger charge is -2.14. The van der Waals surface area contributed by atoms with Crippen molar-refractivity contribution in [1.29, 1.82) is 0 Å². The number of hydrogen-bond acceptors (Lipinski definition) is 3. The van der Waals surface area contributed by atoms with Crippen LogP contribution in [0.25, 0.3) is 10.9 Å². The first kappa shape index (κ1) is 13.0. The van der Waals surface area contributed by atoms with Gasteiger partial charge in [-0.3, -0.25) is 4.79 Å². The molecule has 1 aliphatic heterocycles. The van der Waals surface area contributed by atoms with Crippen LogP contribution < -0.4 is 0 Å². The summed E-state index contributed by atoms with van der Waals surface area (Å²) in [5, 5.41) is 1.15. The molecule has 1 aromatic carbocycles. The Morgan fingerprint density at radius 2 is 2.14 bits per heavy atom. The smallest absolute Gasteiger partial charge is 0.227 e. The van der Waals surface area contributed by atoms with Gasteiger partial charge < -0.3 is 9.47 Å². The van der Waals surface area contributed by atoms with Crippen LogP contribution >= 0.6 is 0 Å². The zero-order valence-corrected chi connectivity index (χ0v) is 12.4. The topological polar surface area (TPSA) is 51.0 Å². The molecule has 1 amide bonds. The van der Waals surface area contributed by atoms with Crippen molar-refractivity contribution in [2.75, 3.05) is 0 Å². The third-order valence-electron chi connectivity index (χ3n) is 4.26. The third-order valence-corrected chi connectivity index (χ3v) is 4.26. The van der Waals surface area contributed by atoms with Gasteiger partial charge in [0.2, 0.25) is 5.91 Å². The van der Waals surface area contributed by atoms with Crippen molar-refractivity contribution >= 4 is 16.8 Å². The number of aromatic nitrogens is 3. The molecular weight excluding hydrogens is 276 g/mol. The molecule has 0 unspecified atom stereocenters. The number of benzene rings is 1. The Balaban J connectivity index is 1.58. The summed E-state index contributed by atoms with van der Waals surface area (Å²) in [6.45, 7) is 1.20. The van der Waals surface area contributed by atoms with Gasteiger partial charge in [-0.1, -0.05) is 18.2 Å². The molecule has 0 N–H and O–H groups in total. The van der Waals surface area contributed by atoms with Gasteiger partial charge in [0, 0.05) is 42.5 Å². The summed E-state index contributed by atoms with van der Waals surface area (Å²) in [5.41, 5.74) is 4.24. The second-order valence-electron chi connectivity index (χ2n) is 5.70. The second kappa shape index (κ2) is 4.94. The molecule has 4 rings (SSSR count). The van der Waals surface area contributed by atoms with E-state index < -0.39 is 0 Å². The van der Waals surface area contributed by atoms with Crippen LogP contribution in [0, 0.1) is 0 Å². The van der Waals surface area contributed by atoms with Crippen LogP contribution in [0.2, 0.25) is 0 Å². The van der Waals surface area contributed by atoms with Crippen molar-refractivity contribution < 1.29 is 4.79 Å². The minimum Gasteiger partial charge on any atom is -0.350 e. The van der Waals surface area contributed by atoms with E-state index in [0.29, 0.717) is 19.5 Å². The number of carbonyl (C=O) groups excluding carboxylic acids is 1. The fourth-order valence-electron chi connectivity index (χ4n) is 3.12. The van der Waals surface area contributed by atoms with Gasteiger partial charge in [0.05, 0.1) is 18.7 Å². The van der Waals surface area contributed by atoms with E-state index in [-0.39, 0.29) is 5.91 Å². The van der Waals surface area contributed by atoms with E-state index in [1.165, 1.54) is 6.33 Å². The lowest BCUT2D eigenvalue weighted by Crippen LogP contribution is -2.26. The minimum absolute atomic E-state index is 0.134. The van der Waals surface area contributed by atoms with Crippen LogP contribution in [0.4, 0.5) is 0 Å². The number of para-hydroxylation sites is 1. The highest BCUT2D eigenvalue weighted by molar-refractivity contribution is 5.89. The zero-order chi connectivity index (χ0) is 15.1. The van der Waals surface area contributed by atoms with Crippen LogP contribution in [0.5, 0.6) is 0 Å². The maximum atomic E-state index is 12.6. The van der Waals surface area contributed by atoms with Crippen molar-refractivity contribution in [3.05, 3.63) is 59.8 Å². The van der Waals surface area contributed by atoms with E-state index in [9.17, 15) is 4.79 Å². The first-order valence-corrected chi connectivity index (χ1v) is 7.31. The van der Waals surface area contributed by atoms with Gasteiger partial charge in [-0.15, -0.1) is 0 Å². The Bertz CT molecular complexity index is 843.